The summed E-state index contributed by atoms with van der Waals surface area (Å²) in [5, 5.41) is 0. The lowest BCUT2D eigenvalue weighted by atomic mass is 10.7. The molecule has 0 aliphatic rings. The molecule has 1 N–H and O–H groups in total. The van der Waals surface area contributed by atoms with Crippen LogP contribution in [0.2, 0.25) is 0 Å². The summed E-state index contributed by atoms with van der Waals surface area (Å²) in [5.74, 6) is 0. The smallest absolute Gasteiger partial charge is 0.203 e. The van der Waals surface area contributed by atoms with E-state index in [1.807, 2.05) is 38.0 Å². The molecule has 0 aliphatic heterocycles. The Kier molecular flexibility index (Phi) is 5.81. The lowest BCUT2D eigenvalue weighted by Gasteiger charge is -2.16. The van der Waals surface area contributed by atoms with Crippen molar-refractivity contribution in [3.8, 4) is 0 Å². The maximum absolute atomic E-state index is 11.5. The molecule has 0 aliphatic carbocycles. The third-order valence-electron chi connectivity index (χ3n) is 1.79. The molecule has 0 aromatic heterocycles. The van der Waals surface area contributed by atoms with E-state index in [-0.39, 0.29) is 0 Å². The van der Waals surface area contributed by atoms with E-state index in [9.17, 15) is 9.46 Å². The first-order chi connectivity index (χ1) is 5.83. The second-order valence-corrected chi connectivity index (χ2v) is 6.49. The van der Waals surface area contributed by atoms with E-state index in [2.05, 4.69) is 0 Å². The summed E-state index contributed by atoms with van der Waals surface area (Å²) in [6.07, 6.45) is 0.793. The van der Waals surface area contributed by atoms with Crippen LogP contribution in [-0.4, -0.2) is 68.3 Å². The van der Waals surface area contributed by atoms with Crippen LogP contribution in [0.15, 0.2) is 0 Å². The number of rotatable bonds is 6. The fraction of sp³-hybridized carbons (Fsp3) is 1.00. The van der Waals surface area contributed by atoms with Crippen LogP contribution in [0.4, 0.5) is 0 Å². The minimum Gasteiger partial charge on any atom is -0.344 e. The van der Waals surface area contributed by atoms with Gasteiger partial charge in [0.25, 0.3) is 0 Å². The quantitative estimate of drug-likeness (QED) is 0.641. The molecule has 0 saturated carbocycles. The summed E-state index contributed by atoms with van der Waals surface area (Å²) in [5.41, 5.74) is 0. The summed E-state index contributed by atoms with van der Waals surface area (Å²) in [7, 11) is 4.75. The van der Waals surface area contributed by atoms with Gasteiger partial charge < -0.3 is 14.7 Å². The molecule has 13 heavy (non-hydrogen) atoms. The first-order valence-corrected chi connectivity index (χ1v) is 6.47. The van der Waals surface area contributed by atoms with E-state index in [0.29, 0.717) is 25.4 Å². The van der Waals surface area contributed by atoms with Crippen LogP contribution < -0.4 is 0 Å². The second-order valence-electron chi connectivity index (χ2n) is 3.90. The molecule has 0 aromatic rings. The first kappa shape index (κ1) is 13.1. The van der Waals surface area contributed by atoms with Gasteiger partial charge in [0, 0.05) is 25.4 Å². The van der Waals surface area contributed by atoms with Crippen molar-refractivity contribution in [3.63, 3.8) is 0 Å². The highest BCUT2D eigenvalue weighted by Gasteiger charge is 2.17. The Bertz CT molecular complexity index is 167. The zero-order valence-electron chi connectivity index (χ0n) is 9.03. The van der Waals surface area contributed by atoms with E-state index >= 15 is 0 Å². The van der Waals surface area contributed by atoms with Crippen LogP contribution in [0.25, 0.3) is 0 Å². The van der Waals surface area contributed by atoms with Gasteiger partial charge in [-0.05, 0) is 28.2 Å². The topological polar surface area (TPSA) is 43.8 Å². The van der Waals surface area contributed by atoms with Crippen molar-refractivity contribution < 1.29 is 9.46 Å². The van der Waals surface area contributed by atoms with Crippen LogP contribution >= 0.6 is 7.37 Å². The Morgan fingerprint density at radius 1 is 1.00 bits per heavy atom. The standard InChI is InChI=1S/C8H21N2O2P/c1-9(2)5-7-13(11,12)8-6-10(3)4/h5-8H2,1-4H3,(H,11,12). The van der Waals surface area contributed by atoms with E-state index in [0.717, 1.165) is 0 Å². The predicted molar refractivity (Wildman–Crippen MR) is 56.7 cm³/mol. The highest BCUT2D eigenvalue weighted by molar-refractivity contribution is 7.58. The Morgan fingerprint density at radius 2 is 1.31 bits per heavy atom. The first-order valence-electron chi connectivity index (χ1n) is 4.44. The lowest BCUT2D eigenvalue weighted by Crippen LogP contribution is -2.21. The summed E-state index contributed by atoms with van der Waals surface area (Å²) >= 11 is 0. The van der Waals surface area contributed by atoms with Crippen LogP contribution in [0, 0.1) is 0 Å². The Hall–Kier alpha value is 0.110. The van der Waals surface area contributed by atoms with Crippen molar-refractivity contribution >= 4 is 7.37 Å². The van der Waals surface area contributed by atoms with Crippen LogP contribution in [0.5, 0.6) is 0 Å². The normalized spacial score (nSPS) is 12.8. The molecule has 0 saturated heterocycles. The minimum atomic E-state index is -2.88. The van der Waals surface area contributed by atoms with Crippen molar-refractivity contribution in [3.05, 3.63) is 0 Å². The Morgan fingerprint density at radius 3 is 1.54 bits per heavy atom. The molecular weight excluding hydrogens is 187 g/mol. The molecule has 0 heterocycles. The van der Waals surface area contributed by atoms with E-state index in [4.69, 9.17) is 0 Å². The number of hydrogen-bond donors (Lipinski definition) is 1. The van der Waals surface area contributed by atoms with E-state index < -0.39 is 7.37 Å². The average Bonchev–Trinajstić information content (AvgIpc) is 1.98. The van der Waals surface area contributed by atoms with Crippen LogP contribution in [0.3, 0.4) is 0 Å². The van der Waals surface area contributed by atoms with Gasteiger partial charge in [-0.25, -0.2) is 0 Å². The highest BCUT2D eigenvalue weighted by atomic mass is 31.2. The van der Waals surface area contributed by atoms with Crippen LogP contribution in [-0.2, 0) is 4.57 Å². The average molecular weight is 208 g/mol. The summed E-state index contributed by atoms with van der Waals surface area (Å²) in [6.45, 7) is 1.36. The van der Waals surface area contributed by atoms with Gasteiger partial charge in [-0.1, -0.05) is 0 Å². The van der Waals surface area contributed by atoms with Gasteiger partial charge in [-0.15, -0.1) is 0 Å². The number of hydrogen-bond acceptors (Lipinski definition) is 3. The van der Waals surface area contributed by atoms with Gasteiger partial charge in [-0.3, -0.25) is 4.57 Å². The van der Waals surface area contributed by atoms with Crippen molar-refractivity contribution in [2.75, 3.05) is 53.6 Å². The maximum Gasteiger partial charge on any atom is 0.203 e. The van der Waals surface area contributed by atoms with Gasteiger partial charge in [0.2, 0.25) is 7.37 Å². The zero-order valence-corrected chi connectivity index (χ0v) is 9.92. The van der Waals surface area contributed by atoms with Gasteiger partial charge in [0.05, 0.1) is 0 Å². The SMILES string of the molecule is CN(C)CCP(=O)(O)CCN(C)C. The lowest BCUT2D eigenvalue weighted by molar-refractivity contribution is 0.401. The molecule has 0 bridgehead atoms. The predicted octanol–water partition coefficient (Wildman–Crippen LogP) is 0.380. The van der Waals surface area contributed by atoms with E-state index in [1.165, 1.54) is 0 Å². The Labute approximate surface area is 81.0 Å². The van der Waals surface area contributed by atoms with Gasteiger partial charge in [0.15, 0.2) is 0 Å². The molecule has 0 atom stereocenters. The molecule has 0 spiro atoms. The third kappa shape index (κ3) is 8.44. The van der Waals surface area contributed by atoms with Crippen LogP contribution in [0.1, 0.15) is 0 Å². The molecule has 0 amide bonds. The molecule has 80 valence electrons. The molecule has 4 nitrogen and oxygen atoms in total. The fourth-order valence-corrected chi connectivity index (χ4v) is 2.47. The highest BCUT2D eigenvalue weighted by Crippen LogP contribution is 2.39. The largest absolute Gasteiger partial charge is 0.344 e. The van der Waals surface area contributed by atoms with Crippen molar-refractivity contribution in [2.24, 2.45) is 0 Å². The molecule has 0 radical (unpaired) electrons. The van der Waals surface area contributed by atoms with E-state index in [1.54, 1.807) is 0 Å². The Balaban J connectivity index is 3.74. The molecule has 0 unspecified atom stereocenters. The third-order valence-corrected chi connectivity index (χ3v) is 3.59. The minimum absolute atomic E-state index is 0.397. The van der Waals surface area contributed by atoms with Crippen molar-refractivity contribution in [1.82, 2.24) is 9.80 Å². The summed E-state index contributed by atoms with van der Waals surface area (Å²) in [6, 6.07) is 0. The monoisotopic (exact) mass is 208 g/mol. The van der Waals surface area contributed by atoms with Gasteiger partial charge in [0.1, 0.15) is 0 Å². The van der Waals surface area contributed by atoms with Crippen molar-refractivity contribution in [2.45, 2.75) is 0 Å². The van der Waals surface area contributed by atoms with Gasteiger partial charge >= 0.3 is 0 Å². The van der Waals surface area contributed by atoms with Crippen molar-refractivity contribution in [1.29, 1.82) is 0 Å². The second kappa shape index (κ2) is 5.76. The molecule has 0 fully saturated rings. The summed E-state index contributed by atoms with van der Waals surface area (Å²) in [4.78, 5) is 13.4. The zero-order chi connectivity index (χ0) is 10.5. The molecule has 0 rings (SSSR count). The number of nitrogens with zero attached hydrogens (tertiary/aromatic N) is 2. The molecular formula is C8H21N2O2P. The maximum atomic E-state index is 11.5. The molecule has 0 aromatic carbocycles. The van der Waals surface area contributed by atoms with Gasteiger partial charge in [-0.2, -0.15) is 0 Å². The fourth-order valence-electron chi connectivity index (χ4n) is 0.824. The molecule has 5 heteroatoms. The summed E-state index contributed by atoms with van der Waals surface area (Å²) < 4.78 is 11.5.